The van der Waals surface area contributed by atoms with Crippen molar-refractivity contribution in [3.8, 4) is 0 Å². The molecule has 2 aliphatic heterocycles. The maximum Gasteiger partial charge on any atom is 0.236 e. The summed E-state index contributed by atoms with van der Waals surface area (Å²) in [6.07, 6.45) is 0. The Balaban J connectivity index is 1.45. The summed E-state index contributed by atoms with van der Waals surface area (Å²) in [6, 6.07) is 6.64. The maximum atomic E-state index is 13.0. The van der Waals surface area contributed by atoms with E-state index in [2.05, 4.69) is 21.7 Å². The summed E-state index contributed by atoms with van der Waals surface area (Å²) in [5, 5.41) is 0. The van der Waals surface area contributed by atoms with Crippen LogP contribution < -0.4 is 4.90 Å². The highest BCUT2D eigenvalue weighted by atomic mass is 19.1. The van der Waals surface area contributed by atoms with E-state index in [0.29, 0.717) is 6.54 Å². The predicted molar refractivity (Wildman–Crippen MR) is 89.1 cm³/mol. The molecule has 1 amide bonds. The van der Waals surface area contributed by atoms with Crippen LogP contribution in [0.3, 0.4) is 0 Å². The molecule has 2 fully saturated rings. The highest BCUT2D eigenvalue weighted by Gasteiger charge is 2.23. The highest BCUT2D eigenvalue weighted by molar-refractivity contribution is 5.78. The van der Waals surface area contributed by atoms with Crippen LogP contribution in [0.4, 0.5) is 10.1 Å². The van der Waals surface area contributed by atoms with Crippen molar-refractivity contribution < 1.29 is 9.18 Å². The fraction of sp³-hybridized carbons (Fsp3) is 0.588. The molecule has 6 heteroatoms. The van der Waals surface area contributed by atoms with Crippen molar-refractivity contribution in [1.82, 2.24) is 14.7 Å². The number of likely N-dealkylation sites (N-methyl/N-ethyl adjacent to an activating group) is 1. The molecule has 23 heavy (non-hydrogen) atoms. The SMILES string of the molecule is CN1CCN(C(=O)CN2CCN(c3ccc(F)cc3)CC2)CC1. The lowest BCUT2D eigenvalue weighted by Gasteiger charge is -2.38. The summed E-state index contributed by atoms with van der Waals surface area (Å²) in [4.78, 5) is 21.1. The van der Waals surface area contributed by atoms with Crippen LogP contribution in [0.5, 0.6) is 0 Å². The Morgan fingerprint density at radius 3 is 2.17 bits per heavy atom. The van der Waals surface area contributed by atoms with Gasteiger partial charge in [0.2, 0.25) is 5.91 Å². The predicted octanol–water partition coefficient (Wildman–Crippen LogP) is 0.722. The molecule has 1 aromatic carbocycles. The summed E-state index contributed by atoms with van der Waals surface area (Å²) in [7, 11) is 2.09. The minimum absolute atomic E-state index is 0.204. The minimum Gasteiger partial charge on any atom is -0.369 e. The Kier molecular flexibility index (Phi) is 5.13. The van der Waals surface area contributed by atoms with Gasteiger partial charge in [-0.25, -0.2) is 4.39 Å². The molecule has 3 rings (SSSR count). The fourth-order valence-electron chi connectivity index (χ4n) is 3.16. The van der Waals surface area contributed by atoms with Crippen molar-refractivity contribution in [1.29, 1.82) is 0 Å². The molecular formula is C17H25FN4O. The van der Waals surface area contributed by atoms with Gasteiger partial charge in [-0.15, -0.1) is 0 Å². The summed E-state index contributed by atoms with van der Waals surface area (Å²) in [5.74, 6) is 0.0403. The second-order valence-electron chi connectivity index (χ2n) is 6.42. The molecule has 2 saturated heterocycles. The van der Waals surface area contributed by atoms with Gasteiger partial charge in [0.1, 0.15) is 5.82 Å². The number of benzene rings is 1. The lowest BCUT2D eigenvalue weighted by Crippen LogP contribution is -2.53. The smallest absolute Gasteiger partial charge is 0.236 e. The Bertz CT molecular complexity index is 520. The number of amides is 1. The van der Waals surface area contributed by atoms with E-state index in [1.165, 1.54) is 12.1 Å². The first-order valence-electron chi connectivity index (χ1n) is 8.31. The average Bonchev–Trinajstić information content (AvgIpc) is 2.57. The van der Waals surface area contributed by atoms with E-state index in [0.717, 1.165) is 58.0 Å². The van der Waals surface area contributed by atoms with Crippen LogP contribution in [0.1, 0.15) is 0 Å². The molecular weight excluding hydrogens is 295 g/mol. The zero-order valence-corrected chi connectivity index (χ0v) is 13.7. The third-order valence-corrected chi connectivity index (χ3v) is 4.78. The van der Waals surface area contributed by atoms with Gasteiger partial charge in [-0.2, -0.15) is 0 Å². The Morgan fingerprint density at radius 1 is 0.957 bits per heavy atom. The van der Waals surface area contributed by atoms with Gasteiger partial charge in [-0.05, 0) is 31.3 Å². The van der Waals surface area contributed by atoms with Crippen LogP contribution in [-0.4, -0.2) is 86.6 Å². The number of carbonyl (C=O) groups excluding carboxylic acids is 1. The first-order valence-corrected chi connectivity index (χ1v) is 8.31. The number of anilines is 1. The standard InChI is InChI=1S/C17H25FN4O/c1-19-6-10-22(11-7-19)17(23)14-20-8-12-21(13-9-20)16-4-2-15(18)3-5-16/h2-5H,6-14H2,1H3. The van der Waals surface area contributed by atoms with Gasteiger partial charge >= 0.3 is 0 Å². The zero-order valence-electron chi connectivity index (χ0n) is 13.7. The third kappa shape index (κ3) is 4.20. The summed E-state index contributed by atoms with van der Waals surface area (Å²) >= 11 is 0. The lowest BCUT2D eigenvalue weighted by molar-refractivity contribution is -0.134. The van der Waals surface area contributed by atoms with E-state index in [4.69, 9.17) is 0 Å². The number of nitrogens with zero attached hydrogens (tertiary/aromatic N) is 4. The monoisotopic (exact) mass is 320 g/mol. The average molecular weight is 320 g/mol. The van der Waals surface area contributed by atoms with Crippen LogP contribution in [0, 0.1) is 5.82 Å². The molecule has 5 nitrogen and oxygen atoms in total. The van der Waals surface area contributed by atoms with Gasteiger partial charge in [-0.3, -0.25) is 9.69 Å². The molecule has 0 bridgehead atoms. The first kappa shape index (κ1) is 16.2. The normalized spacial score (nSPS) is 20.8. The van der Waals surface area contributed by atoms with Crippen molar-refractivity contribution >= 4 is 11.6 Å². The van der Waals surface area contributed by atoms with Crippen LogP contribution in [-0.2, 0) is 4.79 Å². The maximum absolute atomic E-state index is 13.0. The summed E-state index contributed by atoms with van der Waals surface area (Å²) in [6.45, 7) is 7.61. The summed E-state index contributed by atoms with van der Waals surface area (Å²) < 4.78 is 13.0. The van der Waals surface area contributed by atoms with Crippen molar-refractivity contribution in [3.05, 3.63) is 30.1 Å². The molecule has 2 heterocycles. The Morgan fingerprint density at radius 2 is 1.57 bits per heavy atom. The van der Waals surface area contributed by atoms with E-state index >= 15 is 0 Å². The molecule has 2 aliphatic rings. The first-order chi connectivity index (χ1) is 11.1. The van der Waals surface area contributed by atoms with E-state index in [1.807, 2.05) is 17.0 Å². The third-order valence-electron chi connectivity index (χ3n) is 4.78. The fourth-order valence-corrected chi connectivity index (χ4v) is 3.16. The number of carbonyl (C=O) groups is 1. The molecule has 0 spiro atoms. The quantitative estimate of drug-likeness (QED) is 0.821. The number of halogens is 1. The molecule has 0 aliphatic carbocycles. The van der Waals surface area contributed by atoms with Gasteiger partial charge in [0, 0.05) is 58.0 Å². The number of rotatable bonds is 3. The topological polar surface area (TPSA) is 30.0 Å². The van der Waals surface area contributed by atoms with Crippen LogP contribution in [0.2, 0.25) is 0 Å². The molecule has 126 valence electrons. The van der Waals surface area contributed by atoms with Crippen LogP contribution in [0.15, 0.2) is 24.3 Å². The van der Waals surface area contributed by atoms with Gasteiger partial charge < -0.3 is 14.7 Å². The molecule has 0 unspecified atom stereocenters. The van der Waals surface area contributed by atoms with Crippen molar-refractivity contribution in [2.45, 2.75) is 0 Å². The van der Waals surface area contributed by atoms with Crippen molar-refractivity contribution in [2.75, 3.05) is 70.9 Å². The zero-order chi connectivity index (χ0) is 16.2. The van der Waals surface area contributed by atoms with Crippen LogP contribution in [0.25, 0.3) is 0 Å². The minimum atomic E-state index is -0.204. The molecule has 0 radical (unpaired) electrons. The molecule has 0 aromatic heterocycles. The van der Waals surface area contributed by atoms with E-state index in [-0.39, 0.29) is 11.7 Å². The largest absolute Gasteiger partial charge is 0.369 e. The molecule has 1 aromatic rings. The van der Waals surface area contributed by atoms with Gasteiger partial charge in [0.05, 0.1) is 6.54 Å². The van der Waals surface area contributed by atoms with Gasteiger partial charge in [0.25, 0.3) is 0 Å². The van der Waals surface area contributed by atoms with E-state index in [1.54, 1.807) is 0 Å². The lowest BCUT2D eigenvalue weighted by atomic mass is 10.2. The van der Waals surface area contributed by atoms with Crippen LogP contribution >= 0.6 is 0 Å². The Labute approximate surface area is 137 Å². The van der Waals surface area contributed by atoms with Gasteiger partial charge in [-0.1, -0.05) is 0 Å². The van der Waals surface area contributed by atoms with Crippen molar-refractivity contribution in [3.63, 3.8) is 0 Å². The van der Waals surface area contributed by atoms with E-state index < -0.39 is 0 Å². The van der Waals surface area contributed by atoms with E-state index in [9.17, 15) is 9.18 Å². The molecule has 0 atom stereocenters. The highest BCUT2D eigenvalue weighted by Crippen LogP contribution is 2.17. The molecule has 0 N–H and O–H groups in total. The second-order valence-corrected chi connectivity index (χ2v) is 6.42. The number of hydrogen-bond acceptors (Lipinski definition) is 4. The second kappa shape index (κ2) is 7.27. The van der Waals surface area contributed by atoms with Gasteiger partial charge in [0.15, 0.2) is 0 Å². The number of hydrogen-bond donors (Lipinski definition) is 0. The Hall–Kier alpha value is -1.66. The summed E-state index contributed by atoms with van der Waals surface area (Å²) in [5.41, 5.74) is 1.05. The molecule has 0 saturated carbocycles. The number of piperazine rings is 2. The van der Waals surface area contributed by atoms with Crippen molar-refractivity contribution in [2.24, 2.45) is 0 Å².